The molecule has 0 saturated heterocycles. The molecule has 1 aliphatic heterocycles. The normalized spacial score (nSPS) is 11.7. The van der Waals surface area contributed by atoms with Gasteiger partial charge in [0.15, 0.2) is 0 Å². The van der Waals surface area contributed by atoms with Crippen molar-refractivity contribution in [3.63, 3.8) is 0 Å². The van der Waals surface area contributed by atoms with Crippen LogP contribution in [0.5, 0.6) is 0 Å². The Hall–Kier alpha value is -2.09. The number of ether oxygens (including phenoxy) is 1. The Morgan fingerprint density at radius 3 is 1.70 bits per heavy atom. The van der Waals surface area contributed by atoms with Crippen LogP contribution in [0.1, 0.15) is 197 Å². The van der Waals surface area contributed by atoms with E-state index in [1.165, 1.54) is 87.5 Å². The van der Waals surface area contributed by atoms with Gasteiger partial charge < -0.3 is 24.1 Å². The molecule has 0 fully saturated rings. The molecule has 53 heavy (non-hydrogen) atoms. The van der Waals surface area contributed by atoms with Crippen molar-refractivity contribution in [3.05, 3.63) is 45.2 Å². The van der Waals surface area contributed by atoms with E-state index >= 15 is 0 Å². The first-order valence-corrected chi connectivity index (χ1v) is 22.4. The smallest absolute Gasteiger partial charge is 0.339 e. The fourth-order valence-corrected chi connectivity index (χ4v) is 6.54. The third kappa shape index (κ3) is 38.0. The summed E-state index contributed by atoms with van der Waals surface area (Å²) in [6, 6.07) is 0. The van der Waals surface area contributed by atoms with E-state index in [-0.39, 0.29) is 5.97 Å². The molecule has 0 aromatic carbocycles. The first-order valence-electron chi connectivity index (χ1n) is 21.6. The average Bonchev–Trinajstić information content (AvgIpc) is 3.51. The summed E-state index contributed by atoms with van der Waals surface area (Å²) >= 11 is 1.74. The van der Waals surface area contributed by atoms with E-state index < -0.39 is 0 Å². The Kier molecular flexibility index (Phi) is 52.1. The van der Waals surface area contributed by atoms with Crippen molar-refractivity contribution < 1.29 is 19.1 Å². The molecule has 0 spiro atoms. The lowest BCUT2D eigenvalue weighted by Crippen LogP contribution is -2.26. The van der Waals surface area contributed by atoms with Gasteiger partial charge in [-0.3, -0.25) is 0 Å². The first-order chi connectivity index (χ1) is 25.8. The van der Waals surface area contributed by atoms with Crippen molar-refractivity contribution in [2.24, 2.45) is 0 Å². The minimum absolute atomic E-state index is 0.136. The standard InChI is InChI=1S/C18H32O.C15H24N2O2S.C7H14O.3C2H6/c1-2-3-4-5-6-7-8-9-10-11-12-13-14-15-16-17-18-19;1-11-14(15(18)19-9-5-7-16(2)3)12-6-8-17(4)10-13(12)20-11;1-2-3-4-5-6-7-8;3*1-2/h6-7,9-10,18H,2-5,8,11-17H2,1H3;5-10H2,1-4H3;7H,2-6H2,1H3;3*1-2H3/b7-6-,10-9-;;;;;. The summed E-state index contributed by atoms with van der Waals surface area (Å²) in [4.78, 5) is 39.0. The van der Waals surface area contributed by atoms with Crippen LogP contribution in [0.2, 0.25) is 0 Å². The van der Waals surface area contributed by atoms with Crippen molar-refractivity contribution >= 4 is 29.9 Å². The third-order valence-corrected chi connectivity index (χ3v) is 9.19. The molecule has 1 aromatic heterocycles. The van der Waals surface area contributed by atoms with Crippen LogP contribution in [-0.2, 0) is 27.3 Å². The molecule has 0 atom stereocenters. The van der Waals surface area contributed by atoms with Gasteiger partial charge in [0.2, 0.25) is 0 Å². The van der Waals surface area contributed by atoms with Crippen LogP contribution in [-0.4, -0.2) is 69.2 Å². The molecule has 0 amide bonds. The van der Waals surface area contributed by atoms with Gasteiger partial charge in [0.1, 0.15) is 12.6 Å². The van der Waals surface area contributed by atoms with E-state index in [1.54, 1.807) is 11.3 Å². The van der Waals surface area contributed by atoms with Crippen LogP contribution in [0.4, 0.5) is 0 Å². The highest BCUT2D eigenvalue weighted by Gasteiger charge is 2.25. The van der Waals surface area contributed by atoms with Gasteiger partial charge in [0.05, 0.1) is 12.2 Å². The number of fused-ring (bicyclic) bond motifs is 1. The van der Waals surface area contributed by atoms with Gasteiger partial charge in [-0.15, -0.1) is 11.3 Å². The molecule has 0 aliphatic carbocycles. The second kappa shape index (κ2) is 47.9. The topological polar surface area (TPSA) is 66.9 Å². The number of carbonyl (C=O) groups is 3. The summed E-state index contributed by atoms with van der Waals surface area (Å²) in [5.74, 6) is -0.136. The molecule has 0 saturated carbocycles. The number of likely N-dealkylation sites (N-methyl/N-ethyl adjacent to an activating group) is 1. The summed E-state index contributed by atoms with van der Waals surface area (Å²) in [5.41, 5.74) is 2.06. The number of allylic oxidation sites excluding steroid dienone is 4. The summed E-state index contributed by atoms with van der Waals surface area (Å²) in [7, 11) is 6.17. The fourth-order valence-electron chi connectivity index (χ4n) is 5.25. The van der Waals surface area contributed by atoms with Gasteiger partial charge in [0, 0.05) is 42.2 Å². The molecule has 1 aliphatic rings. The number of aldehydes is 2. The number of hydrogen-bond acceptors (Lipinski definition) is 7. The molecule has 1 aromatic rings. The zero-order chi connectivity index (χ0) is 41.0. The molecule has 2 heterocycles. The van der Waals surface area contributed by atoms with Crippen molar-refractivity contribution in [2.45, 2.75) is 191 Å². The van der Waals surface area contributed by atoms with Crippen LogP contribution < -0.4 is 0 Å². The van der Waals surface area contributed by atoms with Gasteiger partial charge in [-0.2, -0.15) is 0 Å². The van der Waals surface area contributed by atoms with Crippen molar-refractivity contribution in [1.29, 1.82) is 0 Å². The lowest BCUT2D eigenvalue weighted by atomic mass is 10.0. The molecule has 7 heteroatoms. The Morgan fingerprint density at radius 2 is 1.19 bits per heavy atom. The quantitative estimate of drug-likeness (QED) is 0.0452. The second-order valence-electron chi connectivity index (χ2n) is 12.9. The van der Waals surface area contributed by atoms with Crippen LogP contribution in [0.25, 0.3) is 0 Å². The molecular weight excluding hydrogens is 677 g/mol. The van der Waals surface area contributed by atoms with E-state index in [0.717, 1.165) is 87.6 Å². The zero-order valence-corrected chi connectivity index (χ0v) is 38.0. The van der Waals surface area contributed by atoms with Gasteiger partial charge >= 0.3 is 5.97 Å². The average molecular weight is 765 g/mol. The number of carbonyl (C=O) groups excluding carboxylic acids is 3. The van der Waals surface area contributed by atoms with Gasteiger partial charge in [-0.05, 0) is 91.4 Å². The maximum Gasteiger partial charge on any atom is 0.339 e. The Bertz CT molecular complexity index is 971. The number of rotatable bonds is 24. The number of esters is 1. The van der Waals surface area contributed by atoms with Crippen molar-refractivity contribution in [1.82, 2.24) is 9.80 Å². The SMILES string of the molecule is CC.CC.CC.CCCCC/C=C\C/C=C\CCCCCCCC=O.CCCCCCC=O.Cc1sc2c(c1C(=O)OCCCN(C)C)CCN(C)C2. The highest BCUT2D eigenvalue weighted by atomic mass is 32.1. The summed E-state index contributed by atoms with van der Waals surface area (Å²) in [5, 5.41) is 0. The van der Waals surface area contributed by atoms with Gasteiger partial charge in [0.25, 0.3) is 0 Å². The Balaban J connectivity index is -0.000000338. The fraction of sp³-hybridized carbons (Fsp3) is 0.761. The van der Waals surface area contributed by atoms with Gasteiger partial charge in [-0.25, -0.2) is 4.79 Å². The monoisotopic (exact) mass is 765 g/mol. The van der Waals surface area contributed by atoms with E-state index in [4.69, 9.17) is 4.74 Å². The summed E-state index contributed by atoms with van der Waals surface area (Å²) in [6.07, 6.45) is 33.0. The van der Waals surface area contributed by atoms with E-state index in [1.807, 2.05) is 62.6 Å². The highest BCUT2D eigenvalue weighted by molar-refractivity contribution is 7.12. The minimum atomic E-state index is -0.136. The molecule has 2 rings (SSSR count). The lowest BCUT2D eigenvalue weighted by Gasteiger charge is -2.22. The molecule has 0 N–H and O–H groups in total. The Morgan fingerprint density at radius 1 is 0.717 bits per heavy atom. The van der Waals surface area contributed by atoms with Crippen molar-refractivity contribution in [3.8, 4) is 0 Å². The largest absolute Gasteiger partial charge is 0.462 e. The molecule has 312 valence electrons. The zero-order valence-electron chi connectivity index (χ0n) is 37.2. The van der Waals surface area contributed by atoms with Crippen LogP contribution in [0.3, 0.4) is 0 Å². The predicted molar refractivity (Wildman–Crippen MR) is 237 cm³/mol. The van der Waals surface area contributed by atoms with Gasteiger partial charge in [-0.1, -0.05) is 131 Å². The summed E-state index contributed by atoms with van der Waals surface area (Å²) < 4.78 is 5.44. The molecule has 0 bridgehead atoms. The minimum Gasteiger partial charge on any atom is -0.462 e. The number of nitrogens with zero attached hydrogens (tertiary/aromatic N) is 2. The van der Waals surface area contributed by atoms with Crippen LogP contribution >= 0.6 is 11.3 Å². The number of unbranched alkanes of at least 4 members (excludes halogenated alkanes) is 13. The maximum absolute atomic E-state index is 12.3. The molecular formula is C46H88N2O4S. The first kappa shape index (κ1) is 57.6. The van der Waals surface area contributed by atoms with E-state index in [2.05, 4.69) is 55.0 Å². The predicted octanol–water partition coefficient (Wildman–Crippen LogP) is 13.4. The highest BCUT2D eigenvalue weighted by Crippen LogP contribution is 2.32. The summed E-state index contributed by atoms with van der Waals surface area (Å²) in [6.45, 7) is 21.9. The second-order valence-corrected chi connectivity index (χ2v) is 14.2. The number of aryl methyl sites for hydroxylation is 1. The molecule has 0 unspecified atom stereocenters. The van der Waals surface area contributed by atoms with E-state index in [9.17, 15) is 14.4 Å². The van der Waals surface area contributed by atoms with Crippen molar-refractivity contribution in [2.75, 3.05) is 40.8 Å². The molecule has 6 nitrogen and oxygen atoms in total. The number of hydrogen-bond donors (Lipinski definition) is 0. The maximum atomic E-state index is 12.3. The lowest BCUT2D eigenvalue weighted by molar-refractivity contribution is -0.108. The number of thiophene rings is 1. The third-order valence-electron chi connectivity index (χ3n) is 8.06. The van der Waals surface area contributed by atoms with E-state index in [0.29, 0.717) is 6.61 Å². The Labute approximate surface area is 334 Å². The van der Waals surface area contributed by atoms with Crippen LogP contribution in [0, 0.1) is 6.92 Å². The van der Waals surface area contributed by atoms with Crippen LogP contribution in [0.15, 0.2) is 24.3 Å². The molecule has 0 radical (unpaired) electrons.